The van der Waals surface area contributed by atoms with E-state index in [1.54, 1.807) is 25.1 Å². The number of carbonyl (C=O) groups is 1. The first kappa shape index (κ1) is 24.8. The van der Waals surface area contributed by atoms with E-state index in [1.165, 1.54) is 35.1 Å². The van der Waals surface area contributed by atoms with Crippen molar-refractivity contribution < 1.29 is 18.7 Å². The number of rotatable bonds is 7. The van der Waals surface area contributed by atoms with Gasteiger partial charge >= 0.3 is 0 Å². The van der Waals surface area contributed by atoms with E-state index in [0.29, 0.717) is 27.5 Å². The maximum Gasteiger partial charge on any atom is 0.255 e. The summed E-state index contributed by atoms with van der Waals surface area (Å²) >= 11 is 12.2. The number of nitrogens with zero attached hydrogens (tertiary/aromatic N) is 5. The number of carbonyl (C=O) groups excluding carboxylic acids is 1. The van der Waals surface area contributed by atoms with Crippen molar-refractivity contribution in [2.45, 2.75) is 32.0 Å². The molecule has 12 heteroatoms. The molecule has 35 heavy (non-hydrogen) atoms. The number of benzene rings is 2. The Bertz CT molecular complexity index is 1380. The van der Waals surface area contributed by atoms with E-state index in [-0.39, 0.29) is 17.7 Å². The molecule has 0 saturated carbocycles. The lowest BCUT2D eigenvalue weighted by Gasteiger charge is -2.35. The molecule has 0 bridgehead atoms. The molecule has 2 atom stereocenters. The SMILES string of the molecule is Cc1c(C(=O)N[C@H](C)[C@](O)(Cn2cncn2)c2ccc(F)cc2F)cnn1-c1ccc(Cl)cc1Cl. The summed E-state index contributed by atoms with van der Waals surface area (Å²) in [6.07, 6.45) is 3.95. The fourth-order valence-electron chi connectivity index (χ4n) is 3.78. The zero-order chi connectivity index (χ0) is 25.3. The Kier molecular flexibility index (Phi) is 6.88. The predicted molar refractivity (Wildman–Crippen MR) is 126 cm³/mol. The first-order valence-corrected chi connectivity index (χ1v) is 11.2. The second-order valence-corrected chi connectivity index (χ2v) is 8.83. The zero-order valence-corrected chi connectivity index (χ0v) is 20.1. The van der Waals surface area contributed by atoms with E-state index < -0.39 is 29.2 Å². The van der Waals surface area contributed by atoms with Crippen LogP contribution in [0, 0.1) is 18.6 Å². The van der Waals surface area contributed by atoms with Gasteiger partial charge in [-0.3, -0.25) is 4.79 Å². The number of halogens is 4. The van der Waals surface area contributed by atoms with Gasteiger partial charge in [0.05, 0.1) is 40.8 Å². The highest BCUT2D eigenvalue weighted by molar-refractivity contribution is 6.35. The topological polar surface area (TPSA) is 97.9 Å². The molecule has 0 fully saturated rings. The fourth-order valence-corrected chi connectivity index (χ4v) is 4.27. The fraction of sp³-hybridized carbons (Fsp3) is 0.217. The zero-order valence-electron chi connectivity index (χ0n) is 18.6. The number of amides is 1. The van der Waals surface area contributed by atoms with Gasteiger partial charge in [-0.05, 0) is 38.1 Å². The third-order valence-electron chi connectivity index (χ3n) is 5.72. The molecule has 2 aromatic carbocycles. The van der Waals surface area contributed by atoms with Gasteiger partial charge in [0.25, 0.3) is 5.91 Å². The van der Waals surface area contributed by atoms with Crippen molar-refractivity contribution in [1.29, 1.82) is 0 Å². The molecular weight excluding hydrogens is 501 g/mol. The van der Waals surface area contributed by atoms with Crippen molar-refractivity contribution in [3.63, 3.8) is 0 Å². The van der Waals surface area contributed by atoms with E-state index in [1.807, 2.05) is 0 Å². The Balaban J connectivity index is 1.65. The van der Waals surface area contributed by atoms with Crippen molar-refractivity contribution in [3.8, 4) is 5.69 Å². The second-order valence-electron chi connectivity index (χ2n) is 7.99. The van der Waals surface area contributed by atoms with Crippen LogP contribution in [0.4, 0.5) is 8.78 Å². The molecule has 0 unspecified atom stereocenters. The van der Waals surface area contributed by atoms with E-state index in [9.17, 15) is 18.7 Å². The minimum Gasteiger partial charge on any atom is -0.381 e. The largest absolute Gasteiger partial charge is 0.381 e. The van der Waals surface area contributed by atoms with Crippen molar-refractivity contribution in [2.24, 2.45) is 0 Å². The minimum atomic E-state index is -2.00. The molecule has 0 aliphatic heterocycles. The molecule has 2 N–H and O–H groups in total. The third-order valence-corrected chi connectivity index (χ3v) is 6.26. The lowest BCUT2D eigenvalue weighted by molar-refractivity contribution is -0.0186. The van der Waals surface area contributed by atoms with Gasteiger partial charge in [0, 0.05) is 16.7 Å². The second kappa shape index (κ2) is 9.73. The van der Waals surface area contributed by atoms with E-state index in [0.717, 1.165) is 12.1 Å². The van der Waals surface area contributed by atoms with Gasteiger partial charge in [0.2, 0.25) is 0 Å². The summed E-state index contributed by atoms with van der Waals surface area (Å²) in [5.41, 5.74) is -0.985. The molecular formula is C23H20Cl2F2N6O2. The Morgan fingerprint density at radius 2 is 1.97 bits per heavy atom. The average molecular weight is 521 g/mol. The molecule has 1 amide bonds. The van der Waals surface area contributed by atoms with Crippen LogP contribution in [-0.4, -0.2) is 41.6 Å². The maximum atomic E-state index is 14.7. The smallest absolute Gasteiger partial charge is 0.255 e. The van der Waals surface area contributed by atoms with Gasteiger partial charge in [-0.15, -0.1) is 0 Å². The minimum absolute atomic E-state index is 0.206. The van der Waals surface area contributed by atoms with Crippen LogP contribution in [0.1, 0.15) is 28.5 Å². The van der Waals surface area contributed by atoms with Crippen molar-refractivity contribution in [2.75, 3.05) is 0 Å². The van der Waals surface area contributed by atoms with Gasteiger partial charge in [0.1, 0.15) is 29.9 Å². The van der Waals surface area contributed by atoms with E-state index >= 15 is 0 Å². The molecule has 0 spiro atoms. The lowest BCUT2D eigenvalue weighted by atomic mass is 9.86. The molecule has 0 aliphatic rings. The standard InChI is InChI=1S/C23H20Cl2F2N6O2/c1-13-17(9-29-33(13)21-6-3-15(24)7-19(21)25)22(34)31-14(2)23(35,10-32-12-28-11-30-32)18-5-4-16(26)8-20(18)27/h3-9,11-12,14,35H,10H2,1-2H3,(H,31,34)/t14-,23-/m1/s1. The van der Waals surface area contributed by atoms with Crippen LogP contribution in [-0.2, 0) is 12.1 Å². The number of hydrogen-bond donors (Lipinski definition) is 2. The molecule has 8 nitrogen and oxygen atoms in total. The molecule has 2 aromatic heterocycles. The number of aromatic nitrogens is 5. The van der Waals surface area contributed by atoms with Crippen LogP contribution in [0.25, 0.3) is 5.69 Å². The number of hydrogen-bond acceptors (Lipinski definition) is 5. The van der Waals surface area contributed by atoms with Gasteiger partial charge < -0.3 is 10.4 Å². The summed E-state index contributed by atoms with van der Waals surface area (Å²) in [6.45, 7) is 2.93. The first-order chi connectivity index (χ1) is 16.6. The molecule has 0 saturated heterocycles. The van der Waals surface area contributed by atoms with Crippen LogP contribution in [0.5, 0.6) is 0 Å². The molecule has 182 valence electrons. The number of aliphatic hydroxyl groups is 1. The Labute approximate surface area is 209 Å². The Morgan fingerprint density at radius 3 is 2.63 bits per heavy atom. The van der Waals surface area contributed by atoms with Crippen molar-refractivity contribution in [3.05, 3.63) is 93.8 Å². The highest BCUT2D eigenvalue weighted by Crippen LogP contribution is 2.31. The highest BCUT2D eigenvalue weighted by Gasteiger charge is 2.40. The van der Waals surface area contributed by atoms with Gasteiger partial charge in [-0.2, -0.15) is 10.2 Å². The molecule has 0 radical (unpaired) electrons. The summed E-state index contributed by atoms with van der Waals surface area (Å²) < 4.78 is 31.0. The molecule has 0 aliphatic carbocycles. The average Bonchev–Trinajstić information content (AvgIpc) is 3.43. The quantitative estimate of drug-likeness (QED) is 0.382. The van der Waals surface area contributed by atoms with E-state index in [2.05, 4.69) is 20.5 Å². The third kappa shape index (κ3) is 4.90. The maximum absolute atomic E-state index is 14.7. The van der Waals surface area contributed by atoms with Crippen LogP contribution in [0.3, 0.4) is 0 Å². The monoisotopic (exact) mass is 520 g/mol. The molecule has 2 heterocycles. The lowest BCUT2D eigenvalue weighted by Crippen LogP contribution is -2.52. The normalized spacial score (nSPS) is 13.9. The van der Waals surface area contributed by atoms with Gasteiger partial charge in [-0.25, -0.2) is 23.1 Å². The van der Waals surface area contributed by atoms with Crippen LogP contribution < -0.4 is 5.32 Å². The summed E-state index contributed by atoms with van der Waals surface area (Å²) in [7, 11) is 0. The Morgan fingerprint density at radius 1 is 1.20 bits per heavy atom. The highest BCUT2D eigenvalue weighted by atomic mass is 35.5. The molecule has 4 rings (SSSR count). The van der Waals surface area contributed by atoms with Crippen LogP contribution in [0.15, 0.2) is 55.2 Å². The van der Waals surface area contributed by atoms with Crippen molar-refractivity contribution in [1.82, 2.24) is 29.9 Å². The van der Waals surface area contributed by atoms with Crippen LogP contribution in [0.2, 0.25) is 10.0 Å². The molecule has 4 aromatic rings. The summed E-state index contributed by atoms with van der Waals surface area (Å²) in [6, 6.07) is 6.67. The summed E-state index contributed by atoms with van der Waals surface area (Å²) in [5.74, 6) is -2.32. The Hall–Kier alpha value is -3.34. The number of nitrogens with one attached hydrogen (secondary N) is 1. The van der Waals surface area contributed by atoms with Gasteiger partial charge in [-0.1, -0.05) is 29.3 Å². The van der Waals surface area contributed by atoms with Crippen LogP contribution >= 0.6 is 23.2 Å². The first-order valence-electron chi connectivity index (χ1n) is 10.4. The van der Waals surface area contributed by atoms with E-state index in [4.69, 9.17) is 23.2 Å². The summed E-state index contributed by atoms with van der Waals surface area (Å²) in [4.78, 5) is 17.0. The van der Waals surface area contributed by atoms with Gasteiger partial charge in [0.15, 0.2) is 0 Å². The van der Waals surface area contributed by atoms with Crippen molar-refractivity contribution >= 4 is 29.1 Å². The summed E-state index contributed by atoms with van der Waals surface area (Å²) in [5, 5.41) is 23.3. The predicted octanol–water partition coefficient (Wildman–Crippen LogP) is 4.06.